The van der Waals surface area contributed by atoms with Gasteiger partial charge in [0, 0.05) is 18.8 Å². The fourth-order valence-corrected chi connectivity index (χ4v) is 1.19. The van der Waals surface area contributed by atoms with Crippen molar-refractivity contribution in [3.05, 3.63) is 29.6 Å². The highest BCUT2D eigenvalue weighted by atomic mass is 16.4. The van der Waals surface area contributed by atoms with Crippen molar-refractivity contribution in [1.82, 2.24) is 4.98 Å². The normalized spacial score (nSPS) is 9.92. The second-order valence-corrected chi connectivity index (χ2v) is 3.05. The van der Waals surface area contributed by atoms with E-state index >= 15 is 0 Å². The highest BCUT2D eigenvalue weighted by molar-refractivity contribution is 5.66. The summed E-state index contributed by atoms with van der Waals surface area (Å²) in [5.41, 5.74) is 2.32. The van der Waals surface area contributed by atoms with E-state index in [9.17, 15) is 4.79 Å². The molecule has 0 saturated heterocycles. The number of aliphatic carboxylic acids is 1. The summed E-state index contributed by atoms with van der Waals surface area (Å²) in [5.74, 6) is -0.735. The summed E-state index contributed by atoms with van der Waals surface area (Å²) in [4.78, 5) is 14.3. The maximum Gasteiger partial charge on any atom is 0.303 e. The molecule has 13 heavy (non-hydrogen) atoms. The third kappa shape index (κ3) is 3.23. The fraction of sp³-hybridized carbons (Fsp3) is 0.400. The first-order chi connectivity index (χ1) is 6.20. The third-order valence-electron chi connectivity index (χ3n) is 1.98. The average molecular weight is 179 g/mol. The zero-order valence-electron chi connectivity index (χ0n) is 7.66. The number of hydrogen-bond donors (Lipinski definition) is 1. The van der Waals surface area contributed by atoms with Gasteiger partial charge in [-0.25, -0.2) is 0 Å². The number of carboxylic acid groups (broad SMARTS) is 1. The molecule has 3 nitrogen and oxygen atoms in total. The number of aryl methyl sites for hydroxylation is 2. The van der Waals surface area contributed by atoms with E-state index < -0.39 is 5.97 Å². The number of pyridine rings is 1. The van der Waals surface area contributed by atoms with Crippen molar-refractivity contribution in [2.75, 3.05) is 0 Å². The third-order valence-corrected chi connectivity index (χ3v) is 1.98. The number of aromatic nitrogens is 1. The molecule has 0 unspecified atom stereocenters. The van der Waals surface area contributed by atoms with E-state index in [1.54, 1.807) is 12.4 Å². The average Bonchev–Trinajstić information content (AvgIpc) is 2.08. The van der Waals surface area contributed by atoms with Gasteiger partial charge in [0.05, 0.1) is 0 Å². The lowest BCUT2D eigenvalue weighted by Crippen LogP contribution is -1.97. The Labute approximate surface area is 77.4 Å². The topological polar surface area (TPSA) is 50.2 Å². The lowest BCUT2D eigenvalue weighted by atomic mass is 10.1. The summed E-state index contributed by atoms with van der Waals surface area (Å²) in [6.07, 6.45) is 5.26. The minimum absolute atomic E-state index is 0.230. The Morgan fingerprint density at radius 1 is 1.62 bits per heavy atom. The van der Waals surface area contributed by atoms with Crippen LogP contribution in [-0.4, -0.2) is 16.1 Å². The van der Waals surface area contributed by atoms with E-state index in [1.165, 1.54) is 5.56 Å². The Morgan fingerprint density at radius 3 is 3.00 bits per heavy atom. The molecule has 0 aliphatic rings. The predicted octanol–water partition coefficient (Wildman–Crippen LogP) is 1.80. The lowest BCUT2D eigenvalue weighted by molar-refractivity contribution is -0.137. The predicted molar refractivity (Wildman–Crippen MR) is 49.5 cm³/mol. The van der Waals surface area contributed by atoms with Crippen LogP contribution in [0, 0.1) is 6.92 Å². The van der Waals surface area contributed by atoms with Crippen LogP contribution < -0.4 is 0 Å². The second-order valence-electron chi connectivity index (χ2n) is 3.05. The van der Waals surface area contributed by atoms with Gasteiger partial charge in [-0.15, -0.1) is 0 Å². The highest BCUT2D eigenvalue weighted by Gasteiger charge is 2.00. The molecule has 1 N–H and O–H groups in total. The van der Waals surface area contributed by atoms with Gasteiger partial charge in [0.15, 0.2) is 0 Å². The minimum atomic E-state index is -0.735. The van der Waals surface area contributed by atoms with E-state index in [0.29, 0.717) is 6.42 Å². The first kappa shape index (κ1) is 9.71. The quantitative estimate of drug-likeness (QED) is 0.766. The summed E-state index contributed by atoms with van der Waals surface area (Å²) >= 11 is 0. The zero-order valence-corrected chi connectivity index (χ0v) is 7.66. The molecule has 0 amide bonds. The smallest absolute Gasteiger partial charge is 0.303 e. The van der Waals surface area contributed by atoms with Crippen molar-refractivity contribution in [3.8, 4) is 0 Å². The molecule has 0 aliphatic heterocycles. The van der Waals surface area contributed by atoms with Gasteiger partial charge in [-0.1, -0.05) is 0 Å². The molecule has 1 rings (SSSR count). The zero-order chi connectivity index (χ0) is 9.68. The molecule has 0 aliphatic carbocycles. The van der Waals surface area contributed by atoms with Gasteiger partial charge in [-0.05, 0) is 37.0 Å². The van der Waals surface area contributed by atoms with Gasteiger partial charge in [-0.2, -0.15) is 0 Å². The van der Waals surface area contributed by atoms with E-state index in [2.05, 4.69) is 4.98 Å². The SMILES string of the molecule is Cc1ccncc1CCCC(=O)O. The van der Waals surface area contributed by atoms with Crippen LogP contribution in [0.15, 0.2) is 18.5 Å². The molecule has 0 aromatic carbocycles. The number of hydrogen-bond acceptors (Lipinski definition) is 2. The highest BCUT2D eigenvalue weighted by Crippen LogP contribution is 2.08. The van der Waals surface area contributed by atoms with E-state index in [1.807, 2.05) is 13.0 Å². The molecular formula is C10H13NO2. The van der Waals surface area contributed by atoms with Crippen LogP contribution in [0.25, 0.3) is 0 Å². The van der Waals surface area contributed by atoms with Crippen molar-refractivity contribution >= 4 is 5.97 Å². The molecule has 3 heteroatoms. The van der Waals surface area contributed by atoms with Gasteiger partial charge >= 0.3 is 5.97 Å². The van der Waals surface area contributed by atoms with Gasteiger partial charge in [0.2, 0.25) is 0 Å². The van der Waals surface area contributed by atoms with Gasteiger partial charge in [0.25, 0.3) is 0 Å². The number of carbonyl (C=O) groups is 1. The summed E-state index contributed by atoms with van der Waals surface area (Å²) in [6, 6.07) is 1.94. The van der Waals surface area contributed by atoms with Crippen molar-refractivity contribution in [3.63, 3.8) is 0 Å². The van der Waals surface area contributed by atoms with Crippen LogP contribution in [0.1, 0.15) is 24.0 Å². The fourth-order valence-electron chi connectivity index (χ4n) is 1.19. The van der Waals surface area contributed by atoms with Crippen LogP contribution in [0.2, 0.25) is 0 Å². The van der Waals surface area contributed by atoms with Crippen molar-refractivity contribution in [1.29, 1.82) is 0 Å². The van der Waals surface area contributed by atoms with Crippen molar-refractivity contribution < 1.29 is 9.90 Å². The van der Waals surface area contributed by atoms with Crippen molar-refractivity contribution in [2.24, 2.45) is 0 Å². The largest absolute Gasteiger partial charge is 0.481 e. The monoisotopic (exact) mass is 179 g/mol. The first-order valence-electron chi connectivity index (χ1n) is 4.31. The van der Waals surface area contributed by atoms with Crippen LogP contribution in [0.3, 0.4) is 0 Å². The summed E-state index contributed by atoms with van der Waals surface area (Å²) < 4.78 is 0. The van der Waals surface area contributed by atoms with E-state index in [0.717, 1.165) is 12.0 Å². The molecule has 0 radical (unpaired) electrons. The molecule has 0 fully saturated rings. The standard InChI is InChI=1S/C10H13NO2/c1-8-5-6-11-7-9(8)3-2-4-10(12)13/h5-7H,2-4H2,1H3,(H,12,13). The molecule has 0 saturated carbocycles. The molecule has 1 aromatic heterocycles. The van der Waals surface area contributed by atoms with Crippen molar-refractivity contribution in [2.45, 2.75) is 26.2 Å². The van der Waals surface area contributed by atoms with Crippen LogP contribution in [-0.2, 0) is 11.2 Å². The Kier molecular flexibility index (Phi) is 3.43. The molecule has 0 spiro atoms. The summed E-state index contributed by atoms with van der Waals surface area (Å²) in [5, 5.41) is 8.45. The molecule has 1 aromatic rings. The van der Waals surface area contributed by atoms with Crippen LogP contribution in [0.5, 0.6) is 0 Å². The van der Waals surface area contributed by atoms with Crippen LogP contribution in [0.4, 0.5) is 0 Å². The Bertz CT molecular complexity index is 297. The molecule has 70 valence electrons. The second kappa shape index (κ2) is 4.60. The molecule has 0 atom stereocenters. The lowest BCUT2D eigenvalue weighted by Gasteiger charge is -2.02. The summed E-state index contributed by atoms with van der Waals surface area (Å²) in [6.45, 7) is 2.01. The maximum absolute atomic E-state index is 10.3. The minimum Gasteiger partial charge on any atom is -0.481 e. The van der Waals surface area contributed by atoms with E-state index in [4.69, 9.17) is 5.11 Å². The number of nitrogens with zero attached hydrogens (tertiary/aromatic N) is 1. The van der Waals surface area contributed by atoms with E-state index in [-0.39, 0.29) is 6.42 Å². The Hall–Kier alpha value is -1.38. The maximum atomic E-state index is 10.3. The van der Waals surface area contributed by atoms with Crippen LogP contribution >= 0.6 is 0 Å². The molecule has 1 heterocycles. The number of carboxylic acids is 1. The van der Waals surface area contributed by atoms with Gasteiger partial charge in [-0.3, -0.25) is 9.78 Å². The summed E-state index contributed by atoms with van der Waals surface area (Å²) in [7, 11) is 0. The Balaban J connectivity index is 2.45. The first-order valence-corrected chi connectivity index (χ1v) is 4.31. The number of rotatable bonds is 4. The molecular weight excluding hydrogens is 166 g/mol. The molecule has 0 bridgehead atoms. The van der Waals surface area contributed by atoms with Gasteiger partial charge < -0.3 is 5.11 Å². The van der Waals surface area contributed by atoms with Gasteiger partial charge in [0.1, 0.15) is 0 Å². The Morgan fingerprint density at radius 2 is 2.38 bits per heavy atom.